The number of benzene rings is 1. The second-order valence-corrected chi connectivity index (χ2v) is 3.38. The predicted molar refractivity (Wildman–Crippen MR) is 54.3 cm³/mol. The van der Waals surface area contributed by atoms with E-state index in [1.165, 1.54) is 24.0 Å². The molecule has 0 fully saturated rings. The summed E-state index contributed by atoms with van der Waals surface area (Å²) >= 11 is 0. The number of fused-ring (bicyclic) bond motifs is 1. The third-order valence-electron chi connectivity index (χ3n) is 2.58. The Balaban J connectivity index is 2.15. The highest BCUT2D eigenvalue weighted by Crippen LogP contribution is 2.30. The fourth-order valence-electron chi connectivity index (χ4n) is 1.95. The molecule has 1 N–H and O–H groups in total. The smallest absolute Gasteiger partial charge is 0.0578 e. The summed E-state index contributed by atoms with van der Waals surface area (Å²) in [5.41, 5.74) is 2.90. The molecule has 0 radical (unpaired) electrons. The summed E-state index contributed by atoms with van der Waals surface area (Å²) in [5, 5.41) is 3.35. The highest BCUT2D eigenvalue weighted by molar-refractivity contribution is 5.34. The van der Waals surface area contributed by atoms with E-state index in [2.05, 4.69) is 35.5 Å². The molecule has 1 aliphatic carbocycles. The fraction of sp³-hybridized carbons (Fsp3) is 0.333. The summed E-state index contributed by atoms with van der Waals surface area (Å²) in [6.45, 7) is 0.666. The fourth-order valence-corrected chi connectivity index (χ4v) is 1.95. The molecule has 0 heterocycles. The van der Waals surface area contributed by atoms with Crippen molar-refractivity contribution in [1.29, 1.82) is 0 Å². The third-order valence-corrected chi connectivity index (χ3v) is 2.58. The van der Waals surface area contributed by atoms with Crippen molar-refractivity contribution in [2.45, 2.75) is 18.9 Å². The van der Waals surface area contributed by atoms with Gasteiger partial charge >= 0.3 is 0 Å². The monoisotopic (exact) mass is 174 g/mol. The molecule has 2 rings (SSSR count). The first kappa shape index (κ1) is 8.34. The molecule has 0 spiro atoms. The van der Waals surface area contributed by atoms with Crippen LogP contribution in [0.2, 0.25) is 0 Å². The van der Waals surface area contributed by atoms with Crippen LogP contribution in [0, 0.1) is 12.3 Å². The molecule has 1 aromatic rings. The van der Waals surface area contributed by atoms with E-state index in [1.54, 1.807) is 0 Å². The maximum absolute atomic E-state index is 5.21. The van der Waals surface area contributed by atoms with Crippen molar-refractivity contribution in [2.75, 3.05) is 6.54 Å². The zero-order valence-electron chi connectivity index (χ0n) is 7.59. The number of hydrogen-bond donors (Lipinski definition) is 1. The molecule has 0 bridgehead atoms. The van der Waals surface area contributed by atoms with Gasteiger partial charge in [0.1, 0.15) is 0 Å². The topological polar surface area (TPSA) is 12.0 Å². The van der Waals surface area contributed by atoms with Gasteiger partial charge < -0.3 is 0 Å². The van der Waals surface area contributed by atoms with Gasteiger partial charge in [-0.3, -0.25) is 5.32 Å². The molecule has 0 saturated heterocycles. The van der Waals surface area contributed by atoms with Crippen LogP contribution >= 0.6 is 0 Å². The van der Waals surface area contributed by atoms with Gasteiger partial charge in [0, 0.05) is 6.04 Å². The number of aryl methyl sites for hydroxylation is 1. The molecular weight excluding hydrogens is 161 g/mol. The Kier molecular flexibility index (Phi) is 2.33. The second-order valence-electron chi connectivity index (χ2n) is 3.38. The highest BCUT2D eigenvalue weighted by atomic mass is 15.1. The Bertz CT molecular complexity index is 335. The van der Waals surface area contributed by atoms with Gasteiger partial charge in [0.05, 0.1) is 6.54 Å². The van der Waals surface area contributed by atoms with E-state index in [0.717, 1.165) is 0 Å². The molecule has 1 aromatic carbocycles. The van der Waals surface area contributed by atoms with Crippen molar-refractivity contribution >= 4 is 0 Å². The number of terminal acetylenes is 1. The lowest BCUT2D eigenvalue weighted by molar-refractivity contribution is 0.568. The van der Waals surface area contributed by atoms with E-state index in [9.17, 15) is 0 Å². The highest BCUT2D eigenvalue weighted by Gasteiger charge is 2.20. The number of nitrogens with one attached hydrogen (secondary N) is 1. The van der Waals surface area contributed by atoms with E-state index >= 15 is 0 Å². The van der Waals surface area contributed by atoms with E-state index in [1.807, 2.05) is 0 Å². The summed E-state index contributed by atoms with van der Waals surface area (Å²) in [6.07, 6.45) is 7.57. The molecule has 0 unspecified atom stereocenters. The first-order valence-electron chi connectivity index (χ1n) is 4.66. The summed E-state index contributed by atoms with van der Waals surface area (Å²) in [5.74, 6) is 2.61. The predicted octanol–water partition coefficient (Wildman–Crippen LogP) is 1.90. The molecule has 0 saturated carbocycles. The first-order valence-corrected chi connectivity index (χ1v) is 4.66. The van der Waals surface area contributed by atoms with Crippen LogP contribution in [0.25, 0.3) is 0 Å². The van der Waals surface area contributed by atoms with Crippen molar-refractivity contribution in [1.82, 2.24) is 5.32 Å². The Morgan fingerprint density at radius 2 is 2.31 bits per heavy atom. The van der Waals surface area contributed by atoms with Crippen molar-refractivity contribution in [3.63, 3.8) is 0 Å². The minimum Gasteiger partial charge on any atom is -0.299 e. The lowest BCUT2D eigenvalue weighted by Crippen LogP contribution is -2.19. The van der Waals surface area contributed by atoms with E-state index in [4.69, 9.17) is 6.42 Å². The molecule has 0 aliphatic heterocycles. The third kappa shape index (κ3) is 1.59. The Morgan fingerprint density at radius 3 is 3.15 bits per heavy atom. The Labute approximate surface area is 79.2 Å². The van der Waals surface area contributed by atoms with Gasteiger partial charge in [0.2, 0.25) is 0 Å². The van der Waals surface area contributed by atoms with Gasteiger partial charge in [0.25, 0.3) is 0 Å². The largest absolute Gasteiger partial charge is 0.299 e. The normalized spacial score (nSPS) is 19.5. The average Bonchev–Trinajstić information content (AvgIpc) is 2.58. The maximum Gasteiger partial charge on any atom is 0.0578 e. The quantitative estimate of drug-likeness (QED) is 0.533. The van der Waals surface area contributed by atoms with Crippen LogP contribution in [0.4, 0.5) is 0 Å². The molecule has 13 heavy (non-hydrogen) atoms. The number of hydrogen-bond acceptors (Lipinski definition) is 1. The average molecular weight is 174 g/mol. The van der Waals surface area contributed by atoms with Crippen LogP contribution in [-0.4, -0.2) is 6.54 Å². The summed E-state index contributed by atoms with van der Waals surface area (Å²) in [6, 6.07) is 9.06. The molecule has 1 heteroatoms. The van der Waals surface area contributed by atoms with Crippen molar-refractivity contribution in [3.8, 4) is 12.3 Å². The van der Waals surface area contributed by atoms with Gasteiger partial charge in [0.15, 0.2) is 0 Å². The van der Waals surface area contributed by atoms with Crippen molar-refractivity contribution in [3.05, 3.63) is 35.4 Å². The van der Waals surface area contributed by atoms with Crippen LogP contribution < -0.4 is 5.32 Å². The standard InChI is InChI=1S/C12H13N/c1-2-9-13-12-8-7-10-5-3-4-6-11(10)12/h1,3-6,12-13H,7-9H2/t12-/m0/s1/i1+1,2+1,9+1. The summed E-state index contributed by atoms with van der Waals surface area (Å²) < 4.78 is 0. The van der Waals surface area contributed by atoms with Crippen LogP contribution in [0.15, 0.2) is 24.3 Å². The van der Waals surface area contributed by atoms with E-state index in [-0.39, 0.29) is 0 Å². The maximum atomic E-state index is 5.21. The molecule has 0 amide bonds. The molecule has 1 atom stereocenters. The number of rotatable bonds is 2. The summed E-state index contributed by atoms with van der Waals surface area (Å²) in [4.78, 5) is 0. The minimum atomic E-state index is 0.479. The van der Waals surface area contributed by atoms with E-state index < -0.39 is 0 Å². The van der Waals surface area contributed by atoms with Crippen LogP contribution in [0.3, 0.4) is 0 Å². The molecule has 66 valence electrons. The van der Waals surface area contributed by atoms with Gasteiger partial charge in [-0.25, -0.2) is 0 Å². The molecular formula is C12H13N. The molecule has 1 aliphatic rings. The SMILES string of the molecule is [13CH]#[13C][13CH2]N[C@H]1CCc2ccccc21. The van der Waals surface area contributed by atoms with Gasteiger partial charge in [-0.2, -0.15) is 0 Å². The zero-order chi connectivity index (χ0) is 9.10. The van der Waals surface area contributed by atoms with Gasteiger partial charge in [-0.1, -0.05) is 30.2 Å². The minimum absolute atomic E-state index is 0.479. The lowest BCUT2D eigenvalue weighted by Gasteiger charge is -2.10. The van der Waals surface area contributed by atoms with Crippen LogP contribution in [0.5, 0.6) is 0 Å². The lowest BCUT2D eigenvalue weighted by atomic mass is 10.1. The molecule has 0 aromatic heterocycles. The van der Waals surface area contributed by atoms with Crippen LogP contribution in [0.1, 0.15) is 23.6 Å². The second kappa shape index (κ2) is 3.64. The van der Waals surface area contributed by atoms with Crippen molar-refractivity contribution < 1.29 is 0 Å². The van der Waals surface area contributed by atoms with E-state index in [0.29, 0.717) is 12.6 Å². The summed E-state index contributed by atoms with van der Waals surface area (Å²) in [7, 11) is 0. The Hall–Kier alpha value is -1.26. The zero-order valence-corrected chi connectivity index (χ0v) is 7.59. The van der Waals surface area contributed by atoms with Gasteiger partial charge in [-0.15, -0.1) is 6.42 Å². The van der Waals surface area contributed by atoms with Crippen molar-refractivity contribution in [2.24, 2.45) is 0 Å². The van der Waals surface area contributed by atoms with Crippen LogP contribution in [-0.2, 0) is 6.42 Å². The first-order chi connectivity index (χ1) is 6.42. The Morgan fingerprint density at radius 1 is 1.46 bits per heavy atom. The van der Waals surface area contributed by atoms with Gasteiger partial charge in [-0.05, 0) is 24.0 Å². The molecule has 1 nitrogen and oxygen atoms in total.